The predicted octanol–water partition coefficient (Wildman–Crippen LogP) is 0.816. The Morgan fingerprint density at radius 1 is 1.20 bits per heavy atom. The molecule has 0 unspecified atom stereocenters. The maximum atomic E-state index is 12.7. The molecule has 0 radical (unpaired) electrons. The Hall–Kier alpha value is -2.09. The number of esters is 1. The zero-order valence-corrected chi connectivity index (χ0v) is 15.3. The first-order chi connectivity index (χ1) is 11.8. The fraction of sp³-hybridized carbons (Fsp3) is 0.529. The molecule has 1 amide bonds. The minimum absolute atomic E-state index is 0.0431. The lowest BCUT2D eigenvalue weighted by molar-refractivity contribution is -0.142. The number of hydrogen-bond donors (Lipinski definition) is 0. The lowest BCUT2D eigenvalue weighted by atomic mass is 10.1. The van der Waals surface area contributed by atoms with Crippen LogP contribution >= 0.6 is 0 Å². The van der Waals surface area contributed by atoms with Gasteiger partial charge >= 0.3 is 5.97 Å². The molecule has 8 heteroatoms. The van der Waals surface area contributed by atoms with Crippen molar-refractivity contribution in [2.75, 3.05) is 32.3 Å². The molecular formula is C17H23NO6S. The number of nitrogens with zero attached hydrogens (tertiary/aromatic N) is 1. The van der Waals surface area contributed by atoms with E-state index in [1.54, 1.807) is 31.4 Å². The van der Waals surface area contributed by atoms with E-state index >= 15 is 0 Å². The number of sulfone groups is 1. The SMILES string of the molecule is COC(=O)CCN(C(=O)Cc1ccc(OC)cc1)[C@H]1CCS(=O)(=O)C1. The molecule has 1 saturated heterocycles. The normalized spacial score (nSPS) is 18.6. The van der Waals surface area contributed by atoms with Gasteiger partial charge in [0.25, 0.3) is 0 Å². The Morgan fingerprint density at radius 3 is 2.40 bits per heavy atom. The summed E-state index contributed by atoms with van der Waals surface area (Å²) in [6, 6.07) is 6.73. The monoisotopic (exact) mass is 369 g/mol. The highest BCUT2D eigenvalue weighted by Crippen LogP contribution is 2.20. The Labute approximate surface area is 147 Å². The molecule has 0 bridgehead atoms. The lowest BCUT2D eigenvalue weighted by Gasteiger charge is -2.28. The van der Waals surface area contributed by atoms with Gasteiger partial charge in [0.15, 0.2) is 9.84 Å². The van der Waals surface area contributed by atoms with Crippen molar-refractivity contribution in [3.8, 4) is 5.75 Å². The average Bonchev–Trinajstić information content (AvgIpc) is 2.95. The molecule has 1 aromatic carbocycles. The number of benzene rings is 1. The Bertz CT molecular complexity index is 713. The summed E-state index contributed by atoms with van der Waals surface area (Å²) in [5, 5.41) is 0. The maximum absolute atomic E-state index is 12.7. The van der Waals surface area contributed by atoms with Crippen LogP contribution in [0.25, 0.3) is 0 Å². The standard InChI is InChI=1S/C17H23NO6S/c1-23-15-5-3-13(4-6-15)11-16(19)18(9-7-17(20)24-2)14-8-10-25(21,22)12-14/h3-6,14H,7-12H2,1-2H3/t14-/m0/s1. The van der Waals surface area contributed by atoms with E-state index in [4.69, 9.17) is 4.74 Å². The van der Waals surface area contributed by atoms with Crippen LogP contribution < -0.4 is 4.74 Å². The van der Waals surface area contributed by atoms with Crippen LogP contribution in [0.2, 0.25) is 0 Å². The smallest absolute Gasteiger partial charge is 0.307 e. The first-order valence-corrected chi connectivity index (χ1v) is 9.86. The van der Waals surface area contributed by atoms with E-state index in [2.05, 4.69) is 4.74 Å². The molecule has 0 aromatic heterocycles. The molecule has 0 N–H and O–H groups in total. The molecule has 1 aliphatic rings. The highest BCUT2D eigenvalue weighted by atomic mass is 32.2. The van der Waals surface area contributed by atoms with E-state index in [0.29, 0.717) is 12.2 Å². The van der Waals surface area contributed by atoms with Crippen LogP contribution in [0.4, 0.5) is 0 Å². The maximum Gasteiger partial charge on any atom is 0.307 e. The van der Waals surface area contributed by atoms with Crippen molar-refractivity contribution in [1.29, 1.82) is 0 Å². The van der Waals surface area contributed by atoms with Gasteiger partial charge in [-0.2, -0.15) is 0 Å². The summed E-state index contributed by atoms with van der Waals surface area (Å²) in [5.74, 6) is 0.0879. The van der Waals surface area contributed by atoms with Crippen LogP contribution in [0.3, 0.4) is 0 Å². The number of ether oxygens (including phenoxy) is 2. The molecule has 0 spiro atoms. The molecule has 1 atom stereocenters. The van der Waals surface area contributed by atoms with Crippen molar-refractivity contribution in [1.82, 2.24) is 4.90 Å². The van der Waals surface area contributed by atoms with Gasteiger partial charge in [0.2, 0.25) is 5.91 Å². The second-order valence-corrected chi connectivity index (χ2v) is 8.22. The van der Waals surface area contributed by atoms with E-state index in [1.807, 2.05) is 0 Å². The fourth-order valence-electron chi connectivity index (χ4n) is 2.87. The first kappa shape index (κ1) is 19.2. The summed E-state index contributed by atoms with van der Waals surface area (Å²) in [6.45, 7) is 0.155. The molecule has 1 aromatic rings. The summed E-state index contributed by atoms with van der Waals surface area (Å²) >= 11 is 0. The number of carbonyl (C=O) groups is 2. The third-order valence-electron chi connectivity index (χ3n) is 4.27. The quantitative estimate of drug-likeness (QED) is 0.661. The van der Waals surface area contributed by atoms with Crippen molar-refractivity contribution < 1.29 is 27.5 Å². The predicted molar refractivity (Wildman–Crippen MR) is 92.1 cm³/mol. The zero-order chi connectivity index (χ0) is 18.4. The molecular weight excluding hydrogens is 346 g/mol. The van der Waals surface area contributed by atoms with E-state index < -0.39 is 15.8 Å². The van der Waals surface area contributed by atoms with Crippen molar-refractivity contribution in [2.24, 2.45) is 0 Å². The van der Waals surface area contributed by atoms with Crippen LogP contribution in [-0.2, 0) is 30.6 Å². The topological polar surface area (TPSA) is 90.0 Å². The van der Waals surface area contributed by atoms with E-state index in [1.165, 1.54) is 12.0 Å². The molecule has 25 heavy (non-hydrogen) atoms. The molecule has 1 fully saturated rings. The van der Waals surface area contributed by atoms with Crippen molar-refractivity contribution in [2.45, 2.75) is 25.3 Å². The molecule has 1 aliphatic heterocycles. The highest BCUT2D eigenvalue weighted by molar-refractivity contribution is 7.91. The van der Waals surface area contributed by atoms with E-state index in [0.717, 1.165) is 5.56 Å². The number of carbonyl (C=O) groups excluding carboxylic acids is 2. The summed E-state index contributed by atoms with van der Waals surface area (Å²) in [5.41, 5.74) is 0.801. The Balaban J connectivity index is 2.09. The summed E-state index contributed by atoms with van der Waals surface area (Å²) in [7, 11) is -0.278. The molecule has 2 rings (SSSR count). The van der Waals surface area contributed by atoms with E-state index in [9.17, 15) is 18.0 Å². The number of hydrogen-bond acceptors (Lipinski definition) is 6. The summed E-state index contributed by atoms with van der Waals surface area (Å²) in [6.07, 6.45) is 0.584. The highest BCUT2D eigenvalue weighted by Gasteiger charge is 2.34. The summed E-state index contributed by atoms with van der Waals surface area (Å²) < 4.78 is 33.2. The zero-order valence-electron chi connectivity index (χ0n) is 14.4. The van der Waals surface area contributed by atoms with Crippen LogP contribution in [0.15, 0.2) is 24.3 Å². The van der Waals surface area contributed by atoms with Gasteiger partial charge in [-0.15, -0.1) is 0 Å². The van der Waals surface area contributed by atoms with Crippen LogP contribution in [0.1, 0.15) is 18.4 Å². The number of methoxy groups -OCH3 is 2. The lowest BCUT2D eigenvalue weighted by Crippen LogP contribution is -2.43. The van der Waals surface area contributed by atoms with Gasteiger partial charge in [-0.25, -0.2) is 8.42 Å². The van der Waals surface area contributed by atoms with Crippen LogP contribution in [-0.4, -0.2) is 63.5 Å². The molecule has 1 heterocycles. The molecule has 0 aliphatic carbocycles. The van der Waals surface area contributed by atoms with Crippen molar-refractivity contribution >= 4 is 21.7 Å². The van der Waals surface area contributed by atoms with Gasteiger partial charge in [0.1, 0.15) is 5.75 Å². The molecule has 0 saturated carbocycles. The van der Waals surface area contributed by atoms with E-state index in [-0.39, 0.29) is 42.8 Å². The van der Waals surface area contributed by atoms with Crippen LogP contribution in [0.5, 0.6) is 5.75 Å². The number of amides is 1. The second kappa shape index (κ2) is 8.33. The first-order valence-electron chi connectivity index (χ1n) is 8.04. The molecule has 138 valence electrons. The third kappa shape index (κ3) is 5.45. The number of rotatable bonds is 7. The second-order valence-electron chi connectivity index (χ2n) is 5.99. The van der Waals surface area contributed by atoms with Gasteiger partial charge in [-0.1, -0.05) is 12.1 Å². The minimum Gasteiger partial charge on any atom is -0.497 e. The van der Waals surface area contributed by atoms with Gasteiger partial charge in [-0.3, -0.25) is 9.59 Å². The van der Waals surface area contributed by atoms with Gasteiger partial charge in [0.05, 0.1) is 38.6 Å². The average molecular weight is 369 g/mol. The van der Waals surface area contributed by atoms with Gasteiger partial charge < -0.3 is 14.4 Å². The Kier molecular flexibility index (Phi) is 6.41. The molecule has 7 nitrogen and oxygen atoms in total. The minimum atomic E-state index is -3.13. The van der Waals surface area contributed by atoms with Crippen molar-refractivity contribution in [3.05, 3.63) is 29.8 Å². The van der Waals surface area contributed by atoms with Gasteiger partial charge in [0, 0.05) is 12.6 Å². The fourth-order valence-corrected chi connectivity index (χ4v) is 4.60. The van der Waals surface area contributed by atoms with Crippen molar-refractivity contribution in [3.63, 3.8) is 0 Å². The third-order valence-corrected chi connectivity index (χ3v) is 6.02. The van der Waals surface area contributed by atoms with Crippen LogP contribution in [0, 0.1) is 0 Å². The largest absolute Gasteiger partial charge is 0.497 e. The Morgan fingerprint density at radius 2 is 1.88 bits per heavy atom. The van der Waals surface area contributed by atoms with Gasteiger partial charge in [-0.05, 0) is 24.1 Å². The summed E-state index contributed by atoms with van der Waals surface area (Å²) in [4.78, 5) is 25.6.